The molecule has 2 aromatic rings. The number of unbranched alkanes of at least 4 members (excludes halogenated alkanes) is 1. The minimum absolute atomic E-state index is 0.158. The molecular formula is C21H28N4O4. The van der Waals surface area contributed by atoms with Crippen molar-refractivity contribution in [2.24, 2.45) is 10.7 Å². The number of carboxylic acid groups (broad SMARTS) is 1. The molecule has 0 saturated carbocycles. The van der Waals surface area contributed by atoms with Gasteiger partial charge in [-0.05, 0) is 38.4 Å². The highest BCUT2D eigenvalue weighted by Crippen LogP contribution is 2.27. The average molecular weight is 400 g/mol. The van der Waals surface area contributed by atoms with Crippen molar-refractivity contribution in [2.45, 2.75) is 19.8 Å². The van der Waals surface area contributed by atoms with Crippen LogP contribution in [0.1, 0.15) is 34.3 Å². The van der Waals surface area contributed by atoms with Crippen LogP contribution in [0.5, 0.6) is 5.88 Å². The van der Waals surface area contributed by atoms with Crippen molar-refractivity contribution in [2.75, 3.05) is 33.4 Å². The number of aliphatic imine (C=N–C) groups is 1. The predicted octanol–water partition coefficient (Wildman–Crippen LogP) is 2.49. The highest BCUT2D eigenvalue weighted by molar-refractivity contribution is 6.02. The lowest BCUT2D eigenvalue weighted by Crippen LogP contribution is -2.11. The first kappa shape index (κ1) is 22.3. The van der Waals surface area contributed by atoms with Crippen molar-refractivity contribution < 1.29 is 19.4 Å². The fraction of sp³-hybridized carbons (Fsp3) is 0.381. The second kappa shape index (κ2) is 11.1. The van der Waals surface area contributed by atoms with Crippen LogP contribution in [0.15, 0.2) is 35.6 Å². The summed E-state index contributed by atoms with van der Waals surface area (Å²) >= 11 is 0. The Kier molecular flexibility index (Phi) is 8.57. The third-order valence-electron chi connectivity index (χ3n) is 4.33. The zero-order chi connectivity index (χ0) is 21.2. The van der Waals surface area contributed by atoms with Crippen molar-refractivity contribution in [3.63, 3.8) is 0 Å². The first-order valence-corrected chi connectivity index (χ1v) is 9.47. The SMILES string of the molecule is C=C(/N=C\c1c(C)c(OCCOCCCCN)nc2cc(C(=O)O)ccc12)NC. The third kappa shape index (κ3) is 6.27. The normalized spacial score (nSPS) is 11.1. The van der Waals surface area contributed by atoms with Gasteiger partial charge < -0.3 is 25.6 Å². The molecule has 0 unspecified atom stereocenters. The minimum atomic E-state index is -1.01. The number of nitrogens with two attached hydrogens (primary N) is 1. The van der Waals surface area contributed by atoms with Crippen LogP contribution in [0.2, 0.25) is 0 Å². The lowest BCUT2D eigenvalue weighted by molar-refractivity contribution is 0.0697. The summed E-state index contributed by atoms with van der Waals surface area (Å²) in [6, 6.07) is 4.80. The van der Waals surface area contributed by atoms with Gasteiger partial charge in [0.1, 0.15) is 12.4 Å². The zero-order valence-corrected chi connectivity index (χ0v) is 16.9. The Morgan fingerprint density at radius 1 is 1.34 bits per heavy atom. The molecule has 2 rings (SSSR count). The number of carbonyl (C=O) groups is 1. The number of fused-ring (bicyclic) bond motifs is 1. The average Bonchev–Trinajstić information content (AvgIpc) is 2.72. The van der Waals surface area contributed by atoms with Gasteiger partial charge in [0.05, 0.1) is 17.7 Å². The molecular weight excluding hydrogens is 372 g/mol. The molecule has 29 heavy (non-hydrogen) atoms. The number of benzene rings is 1. The van der Waals surface area contributed by atoms with Crippen LogP contribution in [0.25, 0.3) is 10.9 Å². The maximum absolute atomic E-state index is 11.3. The lowest BCUT2D eigenvalue weighted by atomic mass is 10.0. The van der Waals surface area contributed by atoms with Crippen molar-refractivity contribution in [3.8, 4) is 5.88 Å². The number of nitrogens with zero attached hydrogens (tertiary/aromatic N) is 2. The molecule has 0 atom stereocenters. The fourth-order valence-corrected chi connectivity index (χ4v) is 2.66. The predicted molar refractivity (Wildman–Crippen MR) is 114 cm³/mol. The molecule has 1 heterocycles. The van der Waals surface area contributed by atoms with Crippen molar-refractivity contribution in [1.82, 2.24) is 10.3 Å². The molecule has 8 nitrogen and oxygen atoms in total. The monoisotopic (exact) mass is 400 g/mol. The van der Waals surface area contributed by atoms with E-state index >= 15 is 0 Å². The van der Waals surface area contributed by atoms with Crippen LogP contribution in [0, 0.1) is 6.92 Å². The van der Waals surface area contributed by atoms with Gasteiger partial charge in [-0.1, -0.05) is 12.6 Å². The van der Waals surface area contributed by atoms with E-state index < -0.39 is 5.97 Å². The molecule has 0 spiro atoms. The van der Waals surface area contributed by atoms with Gasteiger partial charge in [-0.25, -0.2) is 14.8 Å². The standard InChI is InChI=1S/C21H28N4O4/c1-14-18(13-24-15(2)23-3)17-7-6-16(21(26)27)12-19(17)25-20(14)29-11-10-28-9-5-4-8-22/h6-7,12-13,23H,2,4-5,8-11,22H2,1,3H3,(H,26,27)/b24-13-. The second-order valence-corrected chi connectivity index (χ2v) is 6.40. The highest BCUT2D eigenvalue weighted by Gasteiger charge is 2.14. The van der Waals surface area contributed by atoms with E-state index in [1.807, 2.05) is 6.92 Å². The number of ether oxygens (including phenoxy) is 2. The van der Waals surface area contributed by atoms with E-state index in [1.165, 1.54) is 6.07 Å². The number of hydrogen-bond acceptors (Lipinski definition) is 7. The van der Waals surface area contributed by atoms with E-state index in [0.717, 1.165) is 29.4 Å². The zero-order valence-electron chi connectivity index (χ0n) is 16.9. The number of hydrogen-bond donors (Lipinski definition) is 3. The summed E-state index contributed by atoms with van der Waals surface area (Å²) in [5.74, 6) is -0.0895. The summed E-state index contributed by atoms with van der Waals surface area (Å²) in [7, 11) is 1.73. The molecule has 8 heteroatoms. The van der Waals surface area contributed by atoms with Gasteiger partial charge in [-0.15, -0.1) is 0 Å². The third-order valence-corrected chi connectivity index (χ3v) is 4.33. The summed E-state index contributed by atoms with van der Waals surface area (Å²) in [6.45, 7) is 7.73. The Bertz CT molecular complexity index is 896. The summed E-state index contributed by atoms with van der Waals surface area (Å²) in [4.78, 5) is 20.1. The Hall–Kier alpha value is -2.97. The summed E-state index contributed by atoms with van der Waals surface area (Å²) < 4.78 is 11.3. The minimum Gasteiger partial charge on any atom is -0.478 e. The largest absolute Gasteiger partial charge is 0.478 e. The molecule has 0 radical (unpaired) electrons. The summed E-state index contributed by atoms with van der Waals surface area (Å²) in [6.07, 6.45) is 3.52. The van der Waals surface area contributed by atoms with Crippen LogP contribution in [-0.4, -0.2) is 55.7 Å². The van der Waals surface area contributed by atoms with Crippen molar-refractivity contribution in [1.29, 1.82) is 0 Å². The second-order valence-electron chi connectivity index (χ2n) is 6.40. The van der Waals surface area contributed by atoms with Gasteiger partial charge in [-0.2, -0.15) is 0 Å². The van der Waals surface area contributed by atoms with E-state index in [4.69, 9.17) is 15.2 Å². The van der Waals surface area contributed by atoms with Gasteiger partial charge in [0.15, 0.2) is 0 Å². The van der Waals surface area contributed by atoms with E-state index in [1.54, 1.807) is 25.4 Å². The number of nitrogens with one attached hydrogen (secondary N) is 1. The summed E-state index contributed by atoms with van der Waals surface area (Å²) in [5, 5.41) is 12.9. The highest BCUT2D eigenvalue weighted by atomic mass is 16.5. The number of pyridine rings is 1. The molecule has 0 bridgehead atoms. The van der Waals surface area contributed by atoms with Gasteiger partial charge in [0, 0.05) is 36.4 Å². The Morgan fingerprint density at radius 2 is 2.14 bits per heavy atom. The molecule has 1 aromatic carbocycles. The van der Waals surface area contributed by atoms with E-state index in [0.29, 0.717) is 43.6 Å². The van der Waals surface area contributed by atoms with Crippen LogP contribution in [0.4, 0.5) is 0 Å². The molecule has 0 saturated heterocycles. The Labute approximate surface area is 170 Å². The molecule has 0 aliphatic rings. The smallest absolute Gasteiger partial charge is 0.335 e. The van der Waals surface area contributed by atoms with Crippen molar-refractivity contribution >= 4 is 23.1 Å². The topological polar surface area (TPSA) is 119 Å². The number of aromatic carboxylic acids is 1. The lowest BCUT2D eigenvalue weighted by Gasteiger charge is -2.13. The maximum atomic E-state index is 11.3. The number of rotatable bonds is 12. The Morgan fingerprint density at radius 3 is 2.83 bits per heavy atom. The number of carboxylic acids is 1. The van der Waals surface area contributed by atoms with E-state index in [9.17, 15) is 9.90 Å². The first-order chi connectivity index (χ1) is 14.0. The van der Waals surface area contributed by atoms with Crippen LogP contribution >= 0.6 is 0 Å². The molecule has 156 valence electrons. The van der Waals surface area contributed by atoms with Crippen molar-refractivity contribution in [3.05, 3.63) is 47.3 Å². The van der Waals surface area contributed by atoms with Gasteiger partial charge in [-0.3, -0.25) is 0 Å². The van der Waals surface area contributed by atoms with Gasteiger partial charge in [0.25, 0.3) is 0 Å². The van der Waals surface area contributed by atoms with Gasteiger partial charge in [0.2, 0.25) is 5.88 Å². The molecule has 0 aliphatic carbocycles. The van der Waals surface area contributed by atoms with E-state index in [2.05, 4.69) is 21.9 Å². The number of aromatic nitrogens is 1. The molecule has 4 N–H and O–H groups in total. The van der Waals surface area contributed by atoms with Crippen LogP contribution < -0.4 is 15.8 Å². The fourth-order valence-electron chi connectivity index (χ4n) is 2.66. The molecule has 1 aromatic heterocycles. The molecule has 0 aliphatic heterocycles. The quantitative estimate of drug-likeness (QED) is 0.370. The Balaban J connectivity index is 2.28. The molecule has 0 fully saturated rings. The van der Waals surface area contributed by atoms with E-state index in [-0.39, 0.29) is 5.56 Å². The first-order valence-electron chi connectivity index (χ1n) is 9.47. The summed E-state index contributed by atoms with van der Waals surface area (Å²) in [5.41, 5.74) is 7.73. The van der Waals surface area contributed by atoms with Gasteiger partial charge >= 0.3 is 5.97 Å². The maximum Gasteiger partial charge on any atom is 0.335 e. The molecule has 0 amide bonds. The van der Waals surface area contributed by atoms with Crippen LogP contribution in [0.3, 0.4) is 0 Å². The van der Waals surface area contributed by atoms with Crippen LogP contribution in [-0.2, 0) is 4.74 Å².